The molecule has 0 aliphatic carbocycles. The normalized spacial score (nSPS) is 19.5. The zero-order valence-electron chi connectivity index (χ0n) is 10.8. The monoisotopic (exact) mass is 260 g/mol. The molecule has 0 N–H and O–H groups in total. The highest BCUT2D eigenvalue weighted by Crippen LogP contribution is 2.20. The van der Waals surface area contributed by atoms with Crippen LogP contribution >= 0.6 is 0 Å². The third-order valence-electron chi connectivity index (χ3n) is 3.50. The molecule has 1 aromatic carbocycles. The van der Waals surface area contributed by atoms with Crippen molar-refractivity contribution < 1.29 is 9.47 Å². The Morgan fingerprint density at radius 2 is 2.37 bits per heavy atom. The average molecular weight is 260 g/mol. The first kappa shape index (κ1) is 12.2. The quantitative estimate of drug-likeness (QED) is 0.825. The Kier molecular flexibility index (Phi) is 3.21. The van der Waals surface area contributed by atoms with Crippen LogP contribution in [0.15, 0.2) is 29.2 Å². The van der Waals surface area contributed by atoms with Crippen LogP contribution in [0.5, 0.6) is 5.75 Å². The van der Waals surface area contributed by atoms with Crippen LogP contribution in [-0.4, -0.2) is 30.1 Å². The maximum absolute atomic E-state index is 12.4. The number of methoxy groups -OCH3 is 1. The summed E-state index contributed by atoms with van der Waals surface area (Å²) in [5, 5.41) is 5.75. The third-order valence-corrected chi connectivity index (χ3v) is 3.50. The predicted octanol–water partition coefficient (Wildman–Crippen LogP) is 1.76. The standard InChI is InChI=1S/C14H16N2O3/c1-18-12-4-5-13-10(7-12)8-15-16(14(13)17)11-3-2-6-19-9-11/h4-5,7-8,11H,2-3,6,9H2,1H3. The molecule has 1 unspecified atom stereocenters. The minimum atomic E-state index is -0.0596. The van der Waals surface area contributed by atoms with Crippen molar-refractivity contribution >= 4 is 10.8 Å². The number of aromatic nitrogens is 2. The Hall–Kier alpha value is -1.88. The van der Waals surface area contributed by atoms with Crippen molar-refractivity contribution in [1.29, 1.82) is 0 Å². The summed E-state index contributed by atoms with van der Waals surface area (Å²) in [5.41, 5.74) is -0.0596. The molecule has 0 amide bonds. The molecule has 100 valence electrons. The van der Waals surface area contributed by atoms with Crippen molar-refractivity contribution in [2.24, 2.45) is 0 Å². The van der Waals surface area contributed by atoms with E-state index in [4.69, 9.17) is 9.47 Å². The van der Waals surface area contributed by atoms with Gasteiger partial charge in [0.1, 0.15) is 5.75 Å². The van der Waals surface area contributed by atoms with E-state index in [1.807, 2.05) is 6.07 Å². The zero-order chi connectivity index (χ0) is 13.2. The summed E-state index contributed by atoms with van der Waals surface area (Å²) >= 11 is 0. The van der Waals surface area contributed by atoms with Gasteiger partial charge < -0.3 is 9.47 Å². The highest BCUT2D eigenvalue weighted by molar-refractivity contribution is 5.82. The van der Waals surface area contributed by atoms with Gasteiger partial charge in [0.15, 0.2) is 0 Å². The highest BCUT2D eigenvalue weighted by atomic mass is 16.5. The molecule has 2 heterocycles. The molecule has 1 aliphatic heterocycles. The van der Waals surface area contributed by atoms with Gasteiger partial charge in [0.25, 0.3) is 5.56 Å². The zero-order valence-corrected chi connectivity index (χ0v) is 10.8. The minimum absolute atomic E-state index is 0.0488. The lowest BCUT2D eigenvalue weighted by Crippen LogP contribution is -2.32. The molecule has 1 aromatic heterocycles. The molecule has 1 saturated heterocycles. The first-order valence-electron chi connectivity index (χ1n) is 6.43. The van der Waals surface area contributed by atoms with Gasteiger partial charge in [0.05, 0.1) is 31.3 Å². The molecular weight excluding hydrogens is 244 g/mol. The summed E-state index contributed by atoms with van der Waals surface area (Å²) in [6.45, 7) is 1.34. The van der Waals surface area contributed by atoms with E-state index in [1.54, 1.807) is 30.1 Å². The van der Waals surface area contributed by atoms with Gasteiger partial charge in [-0.2, -0.15) is 5.10 Å². The Morgan fingerprint density at radius 1 is 1.47 bits per heavy atom. The van der Waals surface area contributed by atoms with Crippen LogP contribution in [0.2, 0.25) is 0 Å². The van der Waals surface area contributed by atoms with E-state index in [0.29, 0.717) is 12.0 Å². The van der Waals surface area contributed by atoms with Crippen molar-refractivity contribution in [2.75, 3.05) is 20.3 Å². The number of benzene rings is 1. The van der Waals surface area contributed by atoms with Crippen LogP contribution in [0.1, 0.15) is 18.9 Å². The Morgan fingerprint density at radius 3 is 3.11 bits per heavy atom. The van der Waals surface area contributed by atoms with Crippen molar-refractivity contribution in [1.82, 2.24) is 9.78 Å². The van der Waals surface area contributed by atoms with E-state index >= 15 is 0 Å². The van der Waals surface area contributed by atoms with Crippen LogP contribution in [0, 0.1) is 0 Å². The number of ether oxygens (including phenoxy) is 2. The average Bonchev–Trinajstić information content (AvgIpc) is 2.48. The second kappa shape index (κ2) is 5.01. The van der Waals surface area contributed by atoms with Crippen LogP contribution in [0.25, 0.3) is 10.8 Å². The SMILES string of the molecule is COc1ccc2c(=O)n(C3CCCOC3)ncc2c1. The van der Waals surface area contributed by atoms with E-state index in [9.17, 15) is 4.79 Å². The molecule has 5 nitrogen and oxygen atoms in total. The first-order valence-corrected chi connectivity index (χ1v) is 6.43. The van der Waals surface area contributed by atoms with Crippen molar-refractivity contribution in [3.63, 3.8) is 0 Å². The Bertz CT molecular complexity index is 645. The second-order valence-electron chi connectivity index (χ2n) is 4.72. The van der Waals surface area contributed by atoms with Gasteiger partial charge >= 0.3 is 0 Å². The van der Waals surface area contributed by atoms with E-state index in [1.165, 1.54) is 0 Å². The minimum Gasteiger partial charge on any atom is -0.497 e. The van der Waals surface area contributed by atoms with Crippen LogP contribution in [-0.2, 0) is 4.74 Å². The Labute approximate surface area is 110 Å². The first-order chi connectivity index (χ1) is 9.29. The van der Waals surface area contributed by atoms with Crippen LogP contribution < -0.4 is 10.3 Å². The molecular formula is C14H16N2O3. The number of hydrogen-bond donors (Lipinski definition) is 0. The van der Waals surface area contributed by atoms with Gasteiger partial charge in [-0.05, 0) is 31.0 Å². The van der Waals surface area contributed by atoms with E-state index in [2.05, 4.69) is 5.10 Å². The topological polar surface area (TPSA) is 53.4 Å². The maximum Gasteiger partial charge on any atom is 0.274 e. The van der Waals surface area contributed by atoms with Gasteiger partial charge in [-0.15, -0.1) is 0 Å². The summed E-state index contributed by atoms with van der Waals surface area (Å²) in [4.78, 5) is 12.4. The molecule has 3 rings (SSSR count). The van der Waals surface area contributed by atoms with Gasteiger partial charge in [0.2, 0.25) is 0 Å². The summed E-state index contributed by atoms with van der Waals surface area (Å²) in [7, 11) is 1.61. The molecule has 0 radical (unpaired) electrons. The summed E-state index contributed by atoms with van der Waals surface area (Å²) in [6.07, 6.45) is 3.63. The largest absolute Gasteiger partial charge is 0.497 e. The molecule has 19 heavy (non-hydrogen) atoms. The molecule has 0 saturated carbocycles. The number of nitrogens with zero attached hydrogens (tertiary/aromatic N) is 2. The smallest absolute Gasteiger partial charge is 0.274 e. The van der Waals surface area contributed by atoms with Gasteiger partial charge in [0, 0.05) is 12.0 Å². The third kappa shape index (κ3) is 2.21. The summed E-state index contributed by atoms with van der Waals surface area (Å²) in [5.74, 6) is 0.729. The van der Waals surface area contributed by atoms with E-state index in [0.717, 1.165) is 30.6 Å². The van der Waals surface area contributed by atoms with Gasteiger partial charge in [-0.3, -0.25) is 4.79 Å². The number of rotatable bonds is 2. The summed E-state index contributed by atoms with van der Waals surface area (Å²) in [6, 6.07) is 5.46. The molecule has 5 heteroatoms. The number of hydrogen-bond acceptors (Lipinski definition) is 4. The highest BCUT2D eigenvalue weighted by Gasteiger charge is 2.18. The number of fused-ring (bicyclic) bond motifs is 1. The fourth-order valence-corrected chi connectivity index (χ4v) is 2.45. The van der Waals surface area contributed by atoms with E-state index in [-0.39, 0.29) is 11.6 Å². The van der Waals surface area contributed by atoms with Crippen molar-refractivity contribution in [3.05, 3.63) is 34.7 Å². The molecule has 1 atom stereocenters. The maximum atomic E-state index is 12.4. The van der Waals surface area contributed by atoms with Gasteiger partial charge in [-0.1, -0.05) is 0 Å². The summed E-state index contributed by atoms with van der Waals surface area (Å²) < 4.78 is 12.1. The lowest BCUT2D eigenvalue weighted by atomic mass is 10.1. The van der Waals surface area contributed by atoms with Crippen LogP contribution in [0.4, 0.5) is 0 Å². The van der Waals surface area contributed by atoms with Gasteiger partial charge in [-0.25, -0.2) is 4.68 Å². The molecule has 1 aliphatic rings. The van der Waals surface area contributed by atoms with E-state index < -0.39 is 0 Å². The molecule has 2 aromatic rings. The fraction of sp³-hybridized carbons (Fsp3) is 0.429. The van der Waals surface area contributed by atoms with Crippen molar-refractivity contribution in [2.45, 2.75) is 18.9 Å². The predicted molar refractivity (Wildman–Crippen MR) is 71.6 cm³/mol. The lowest BCUT2D eigenvalue weighted by Gasteiger charge is -2.23. The van der Waals surface area contributed by atoms with Crippen molar-refractivity contribution in [3.8, 4) is 5.75 Å². The Balaban J connectivity index is 2.07. The lowest BCUT2D eigenvalue weighted by molar-refractivity contribution is 0.0533. The second-order valence-corrected chi connectivity index (χ2v) is 4.72. The fourth-order valence-electron chi connectivity index (χ4n) is 2.45. The molecule has 0 spiro atoms. The molecule has 1 fully saturated rings. The molecule has 0 bridgehead atoms. The van der Waals surface area contributed by atoms with Crippen LogP contribution in [0.3, 0.4) is 0 Å².